The number of carbonyl (C=O) groups is 3. The van der Waals surface area contributed by atoms with Crippen LogP contribution in [0.2, 0.25) is 5.02 Å². The number of carbonyl (C=O) groups excluding carboxylic acids is 2. The summed E-state index contributed by atoms with van der Waals surface area (Å²) in [6, 6.07) is 13.1. The first-order valence-corrected chi connectivity index (χ1v) is 16.8. The second kappa shape index (κ2) is 13.6. The summed E-state index contributed by atoms with van der Waals surface area (Å²) >= 11 is 7.85. The molecule has 2 saturated heterocycles. The maximum atomic E-state index is 14.6. The van der Waals surface area contributed by atoms with Crippen molar-refractivity contribution in [1.29, 1.82) is 0 Å². The van der Waals surface area contributed by atoms with Crippen molar-refractivity contribution in [3.8, 4) is 11.1 Å². The van der Waals surface area contributed by atoms with Crippen molar-refractivity contribution in [2.45, 2.75) is 12.1 Å². The number of aliphatic imine (C=N–C) groups is 1. The van der Waals surface area contributed by atoms with E-state index < -0.39 is 29.6 Å². The Labute approximate surface area is 294 Å². The lowest BCUT2D eigenvalue weighted by Gasteiger charge is -2.38. The van der Waals surface area contributed by atoms with E-state index in [1.165, 1.54) is 48.8 Å². The smallest absolute Gasteiger partial charge is 0.338 e. The standard InChI is InChI=1S/C35H29ClF2N6O5S/c1-49-34(47)29-28(40-31(32-39-10-13-50-32)41-30(29)24-8-5-21(37)15-26(24)36)18-42-11-12-43-23(16-42)17-44(35(43)48)22-6-2-19(3-7-22)25-14-20(33(45)46)4-9-27(25)38/h2-10,13-15,23,30H,11-12,16-18H2,1H3,(H,40,41)(H,45,46)/t23-,30-/m0/s1. The van der Waals surface area contributed by atoms with Gasteiger partial charge in [-0.2, -0.15) is 0 Å². The van der Waals surface area contributed by atoms with Crippen LogP contribution >= 0.6 is 22.9 Å². The average Bonchev–Trinajstić information content (AvgIpc) is 3.76. The van der Waals surface area contributed by atoms with Crippen LogP contribution in [0.1, 0.15) is 27.0 Å². The average molecular weight is 719 g/mol. The number of amides is 2. The molecule has 11 nitrogen and oxygen atoms in total. The van der Waals surface area contributed by atoms with Gasteiger partial charge in [-0.05, 0) is 48.0 Å². The highest BCUT2D eigenvalue weighted by molar-refractivity contribution is 7.11. The molecule has 4 heterocycles. The summed E-state index contributed by atoms with van der Waals surface area (Å²) in [7, 11) is 1.28. The topological polar surface area (TPSA) is 128 Å². The zero-order valence-electron chi connectivity index (χ0n) is 26.5. The highest BCUT2D eigenvalue weighted by atomic mass is 35.5. The Morgan fingerprint density at radius 3 is 2.58 bits per heavy atom. The molecule has 0 radical (unpaired) electrons. The van der Waals surface area contributed by atoms with Crippen LogP contribution in [-0.2, 0) is 9.53 Å². The van der Waals surface area contributed by atoms with Gasteiger partial charge in [-0.1, -0.05) is 29.8 Å². The van der Waals surface area contributed by atoms with E-state index in [9.17, 15) is 28.3 Å². The summed E-state index contributed by atoms with van der Waals surface area (Å²) in [5.41, 5.74) is 2.45. The number of fused-ring (bicyclic) bond motifs is 1. The van der Waals surface area contributed by atoms with Crippen molar-refractivity contribution in [2.75, 3.05) is 44.7 Å². The Kier molecular flexibility index (Phi) is 9.07. The minimum absolute atomic E-state index is 0.0269. The van der Waals surface area contributed by atoms with Crippen LogP contribution in [0.25, 0.3) is 11.1 Å². The lowest BCUT2D eigenvalue weighted by atomic mass is 9.95. The van der Waals surface area contributed by atoms with Gasteiger partial charge in [0.05, 0.1) is 24.3 Å². The van der Waals surface area contributed by atoms with Crippen LogP contribution in [0.5, 0.6) is 0 Å². The molecule has 0 aliphatic carbocycles. The number of hydrogen-bond acceptors (Lipinski definition) is 9. The van der Waals surface area contributed by atoms with Gasteiger partial charge < -0.3 is 20.1 Å². The van der Waals surface area contributed by atoms with E-state index in [1.807, 2.05) is 10.3 Å². The first-order valence-electron chi connectivity index (χ1n) is 15.6. The molecule has 0 unspecified atom stereocenters. The molecule has 0 spiro atoms. The number of aromatic nitrogens is 1. The van der Waals surface area contributed by atoms with Gasteiger partial charge in [0.2, 0.25) is 0 Å². The molecule has 2 atom stereocenters. The minimum atomic E-state index is -1.15. The SMILES string of the molecule is COC(=O)C1=C(CN2CCN3C(=O)N(c4ccc(-c5cc(C(=O)O)ccc5F)cc4)C[C@@H]3C2)NC(c2nccs2)=N[C@H]1c1ccc(F)cc1Cl. The predicted molar refractivity (Wildman–Crippen MR) is 183 cm³/mol. The summed E-state index contributed by atoms with van der Waals surface area (Å²) in [6.45, 7) is 2.14. The third kappa shape index (κ3) is 6.32. The lowest BCUT2D eigenvalue weighted by Crippen LogP contribution is -2.53. The number of thiazole rings is 1. The Morgan fingerprint density at radius 1 is 1.08 bits per heavy atom. The van der Waals surface area contributed by atoms with Crippen LogP contribution < -0.4 is 10.2 Å². The number of halogens is 3. The number of amidine groups is 1. The van der Waals surface area contributed by atoms with E-state index in [0.29, 0.717) is 66.1 Å². The maximum absolute atomic E-state index is 14.6. The van der Waals surface area contributed by atoms with Crippen molar-refractivity contribution in [3.63, 3.8) is 0 Å². The van der Waals surface area contributed by atoms with Gasteiger partial charge in [0.1, 0.15) is 17.7 Å². The normalized spacial score (nSPS) is 19.3. The number of hydrogen-bond donors (Lipinski definition) is 2. The molecule has 4 aromatic rings. The van der Waals surface area contributed by atoms with Crippen LogP contribution in [0.15, 0.2) is 88.5 Å². The summed E-state index contributed by atoms with van der Waals surface area (Å²) in [4.78, 5) is 53.1. The van der Waals surface area contributed by atoms with E-state index in [4.69, 9.17) is 21.3 Å². The number of benzene rings is 3. The van der Waals surface area contributed by atoms with Gasteiger partial charge >= 0.3 is 18.0 Å². The van der Waals surface area contributed by atoms with Crippen LogP contribution in [0.4, 0.5) is 19.3 Å². The van der Waals surface area contributed by atoms with Crippen molar-refractivity contribution in [2.24, 2.45) is 4.99 Å². The molecule has 0 saturated carbocycles. The van der Waals surface area contributed by atoms with Crippen LogP contribution in [0, 0.1) is 11.6 Å². The number of ether oxygens (including phenoxy) is 1. The van der Waals surface area contributed by atoms with Crippen molar-refractivity contribution >= 4 is 52.4 Å². The molecular weight excluding hydrogens is 690 g/mol. The molecule has 0 bridgehead atoms. The van der Waals surface area contributed by atoms with E-state index in [0.717, 1.165) is 6.07 Å². The van der Waals surface area contributed by atoms with Crippen molar-refractivity contribution in [1.82, 2.24) is 20.1 Å². The van der Waals surface area contributed by atoms with E-state index >= 15 is 0 Å². The Bertz CT molecular complexity index is 2060. The molecule has 50 heavy (non-hydrogen) atoms. The number of carboxylic acids is 1. The number of rotatable bonds is 8. The van der Waals surface area contributed by atoms with Gasteiger partial charge in [-0.15, -0.1) is 11.3 Å². The fourth-order valence-corrected chi connectivity index (χ4v) is 7.38. The monoisotopic (exact) mass is 718 g/mol. The maximum Gasteiger partial charge on any atom is 0.338 e. The summed E-state index contributed by atoms with van der Waals surface area (Å²) in [5, 5.41) is 15.2. The minimum Gasteiger partial charge on any atom is -0.478 e. The van der Waals surface area contributed by atoms with Gasteiger partial charge in [0.25, 0.3) is 0 Å². The van der Waals surface area contributed by atoms with Crippen LogP contribution in [0.3, 0.4) is 0 Å². The highest BCUT2D eigenvalue weighted by Crippen LogP contribution is 2.37. The molecule has 15 heteroatoms. The zero-order valence-corrected chi connectivity index (χ0v) is 28.0. The number of esters is 1. The molecule has 3 aliphatic heterocycles. The fourth-order valence-electron chi connectivity index (χ4n) is 6.52. The number of carboxylic acid groups (broad SMARTS) is 1. The molecule has 2 amide bonds. The van der Waals surface area contributed by atoms with Gasteiger partial charge in [0.15, 0.2) is 10.8 Å². The molecule has 3 aliphatic rings. The van der Waals surface area contributed by atoms with Gasteiger partial charge in [0, 0.05) is 71.8 Å². The summed E-state index contributed by atoms with van der Waals surface area (Å²) in [5.74, 6) is -2.40. The zero-order chi connectivity index (χ0) is 35.1. The van der Waals surface area contributed by atoms with Crippen molar-refractivity contribution < 1.29 is 33.0 Å². The quantitative estimate of drug-likeness (QED) is 0.226. The molecule has 2 N–H and O–H groups in total. The van der Waals surface area contributed by atoms with Gasteiger partial charge in [-0.25, -0.2) is 28.1 Å². The number of nitrogens with zero attached hydrogens (tertiary/aromatic N) is 5. The predicted octanol–water partition coefficient (Wildman–Crippen LogP) is 5.58. The first kappa shape index (κ1) is 33.3. The number of methoxy groups -OCH3 is 1. The molecule has 1 aromatic heterocycles. The molecule has 3 aromatic carbocycles. The summed E-state index contributed by atoms with van der Waals surface area (Å²) < 4.78 is 33.8. The summed E-state index contributed by atoms with van der Waals surface area (Å²) in [6.07, 6.45) is 1.65. The number of aromatic carboxylic acids is 1. The molecule has 7 rings (SSSR count). The molecule has 256 valence electrons. The Balaban J connectivity index is 1.13. The van der Waals surface area contributed by atoms with E-state index in [1.54, 1.807) is 35.4 Å². The number of anilines is 1. The molecular formula is C35H29ClF2N6O5S. The molecule has 2 fully saturated rings. The number of nitrogens with one attached hydrogen (secondary N) is 1. The largest absolute Gasteiger partial charge is 0.478 e. The van der Waals surface area contributed by atoms with E-state index in [2.05, 4.69) is 15.2 Å². The lowest BCUT2D eigenvalue weighted by molar-refractivity contribution is -0.136. The Hall–Kier alpha value is -5.18. The second-order valence-corrected chi connectivity index (χ2v) is 13.2. The van der Waals surface area contributed by atoms with E-state index in [-0.39, 0.29) is 33.8 Å². The first-order chi connectivity index (χ1) is 24.1. The second-order valence-electron chi connectivity index (χ2n) is 11.9. The Morgan fingerprint density at radius 2 is 1.88 bits per heavy atom. The van der Waals surface area contributed by atoms with Crippen molar-refractivity contribution in [3.05, 3.63) is 116 Å². The third-order valence-electron chi connectivity index (χ3n) is 8.95. The van der Waals surface area contributed by atoms with Gasteiger partial charge in [-0.3, -0.25) is 14.8 Å². The number of urea groups is 1. The van der Waals surface area contributed by atoms with Crippen LogP contribution in [-0.4, -0.2) is 89.6 Å². The number of piperazine rings is 1. The highest BCUT2D eigenvalue weighted by Gasteiger charge is 2.42. The fraction of sp³-hybridized carbons (Fsp3) is 0.229. The third-order valence-corrected chi connectivity index (χ3v) is 10.1.